The van der Waals surface area contributed by atoms with Gasteiger partial charge in [0, 0.05) is 17.9 Å². The summed E-state index contributed by atoms with van der Waals surface area (Å²) in [6, 6.07) is 2.87. The lowest BCUT2D eigenvalue weighted by Crippen LogP contribution is -2.38. The molecule has 1 fully saturated rings. The van der Waals surface area contributed by atoms with Crippen molar-refractivity contribution in [1.82, 2.24) is 0 Å². The zero-order valence-electron chi connectivity index (χ0n) is 13.6. The van der Waals surface area contributed by atoms with Crippen LogP contribution in [0.4, 0.5) is 0 Å². The number of benzene rings is 1. The Bertz CT molecular complexity index is 702. The van der Waals surface area contributed by atoms with Crippen LogP contribution in [0.3, 0.4) is 0 Å². The molecule has 0 aromatic heterocycles. The number of ether oxygens (including phenoxy) is 2. The number of carbonyl (C=O) groups is 1. The third kappa shape index (κ3) is 3.15. The molecule has 0 bridgehead atoms. The van der Waals surface area contributed by atoms with Gasteiger partial charge in [0.2, 0.25) is 0 Å². The van der Waals surface area contributed by atoms with Crippen LogP contribution in [0.15, 0.2) is 17.0 Å². The molecular weight excluding hydrogens is 320 g/mol. The third-order valence-corrected chi connectivity index (χ3v) is 5.64. The van der Waals surface area contributed by atoms with Crippen molar-refractivity contribution in [3.63, 3.8) is 0 Å². The fourth-order valence-electron chi connectivity index (χ4n) is 3.29. The van der Waals surface area contributed by atoms with Crippen LogP contribution in [0.1, 0.15) is 37.7 Å². The highest BCUT2D eigenvalue weighted by Crippen LogP contribution is 2.46. The predicted molar refractivity (Wildman–Crippen MR) is 85.1 cm³/mol. The molecule has 0 heterocycles. The highest BCUT2D eigenvalue weighted by atomic mass is 32.2. The second kappa shape index (κ2) is 6.39. The zero-order valence-corrected chi connectivity index (χ0v) is 14.4. The molecule has 0 spiro atoms. The van der Waals surface area contributed by atoms with Crippen molar-refractivity contribution in [2.45, 2.75) is 42.4 Å². The monoisotopic (exact) mass is 342 g/mol. The van der Waals surface area contributed by atoms with Gasteiger partial charge in [-0.2, -0.15) is 0 Å². The molecule has 1 aliphatic carbocycles. The Morgan fingerprint density at radius 2 is 1.65 bits per heavy atom. The van der Waals surface area contributed by atoms with Gasteiger partial charge in [-0.1, -0.05) is 19.3 Å². The summed E-state index contributed by atoms with van der Waals surface area (Å²) in [6.07, 6.45) is 4.70. The lowest BCUT2D eigenvalue weighted by molar-refractivity contribution is -0.145. The fourth-order valence-corrected chi connectivity index (χ4v) is 4.12. The lowest BCUT2D eigenvalue weighted by Gasteiger charge is -2.35. The summed E-state index contributed by atoms with van der Waals surface area (Å²) in [4.78, 5) is 12.0. The van der Waals surface area contributed by atoms with Crippen molar-refractivity contribution in [3.8, 4) is 11.5 Å². The van der Waals surface area contributed by atoms with E-state index in [0.29, 0.717) is 18.4 Å². The molecule has 1 N–H and O–H groups in total. The maximum Gasteiger partial charge on any atom is 0.314 e. The van der Waals surface area contributed by atoms with E-state index in [1.54, 1.807) is 0 Å². The Balaban J connectivity index is 2.73. The summed E-state index contributed by atoms with van der Waals surface area (Å²) in [5, 5.41) is 9.84. The van der Waals surface area contributed by atoms with Gasteiger partial charge in [-0.25, -0.2) is 8.42 Å². The highest BCUT2D eigenvalue weighted by molar-refractivity contribution is 7.90. The van der Waals surface area contributed by atoms with E-state index < -0.39 is 21.2 Å². The molecule has 6 nitrogen and oxygen atoms in total. The molecule has 7 heteroatoms. The molecule has 0 saturated heterocycles. The largest absolute Gasteiger partial charge is 0.496 e. The number of carboxylic acids is 1. The Morgan fingerprint density at radius 3 is 2.09 bits per heavy atom. The van der Waals surface area contributed by atoms with E-state index in [-0.39, 0.29) is 16.4 Å². The first kappa shape index (κ1) is 17.6. The van der Waals surface area contributed by atoms with Gasteiger partial charge >= 0.3 is 5.97 Å². The van der Waals surface area contributed by atoms with Crippen LogP contribution >= 0.6 is 0 Å². The summed E-state index contributed by atoms with van der Waals surface area (Å²) in [7, 11) is -0.736. The third-order valence-electron chi connectivity index (χ3n) is 4.52. The molecule has 0 aliphatic heterocycles. The first-order valence-electron chi connectivity index (χ1n) is 7.46. The van der Waals surface area contributed by atoms with Crippen LogP contribution in [0, 0.1) is 0 Å². The minimum Gasteiger partial charge on any atom is -0.496 e. The normalized spacial score (nSPS) is 17.5. The molecule has 1 aromatic rings. The number of hydrogen-bond acceptors (Lipinski definition) is 5. The van der Waals surface area contributed by atoms with Crippen LogP contribution < -0.4 is 9.47 Å². The van der Waals surface area contributed by atoms with Gasteiger partial charge in [-0.05, 0) is 18.9 Å². The Labute approximate surface area is 136 Å². The minimum atomic E-state index is -3.52. The second-order valence-electron chi connectivity index (χ2n) is 5.92. The van der Waals surface area contributed by atoms with Crippen molar-refractivity contribution in [2.24, 2.45) is 0 Å². The van der Waals surface area contributed by atoms with Gasteiger partial charge in [-0.3, -0.25) is 4.79 Å². The van der Waals surface area contributed by atoms with E-state index in [4.69, 9.17) is 9.47 Å². The van der Waals surface area contributed by atoms with Gasteiger partial charge in [0.15, 0.2) is 9.84 Å². The van der Waals surface area contributed by atoms with Crippen molar-refractivity contribution in [1.29, 1.82) is 0 Å². The smallest absolute Gasteiger partial charge is 0.314 e. The Hall–Kier alpha value is -1.76. The summed E-state index contributed by atoms with van der Waals surface area (Å²) < 4.78 is 34.4. The molecule has 0 unspecified atom stereocenters. The topological polar surface area (TPSA) is 89.9 Å². The summed E-state index contributed by atoms with van der Waals surface area (Å²) in [5.74, 6) is -0.491. The SMILES string of the molecule is COc1cc(S(C)(=O)=O)c(OC)cc1C1(C(=O)O)CCCCC1. The van der Waals surface area contributed by atoms with E-state index in [2.05, 4.69) is 0 Å². The van der Waals surface area contributed by atoms with Gasteiger partial charge < -0.3 is 14.6 Å². The van der Waals surface area contributed by atoms with Crippen LogP contribution in [0.2, 0.25) is 0 Å². The summed E-state index contributed by atoms with van der Waals surface area (Å²) >= 11 is 0. The molecule has 23 heavy (non-hydrogen) atoms. The number of aliphatic carboxylic acids is 1. The molecule has 1 aliphatic rings. The average molecular weight is 342 g/mol. The van der Waals surface area contributed by atoms with E-state index in [0.717, 1.165) is 25.5 Å². The van der Waals surface area contributed by atoms with Crippen LogP contribution in [-0.2, 0) is 20.0 Å². The maximum atomic E-state index is 12.0. The Kier molecular flexibility index (Phi) is 4.89. The van der Waals surface area contributed by atoms with E-state index in [9.17, 15) is 18.3 Å². The predicted octanol–water partition coefficient (Wildman–Crippen LogP) is 2.39. The number of hydrogen-bond donors (Lipinski definition) is 1. The second-order valence-corrected chi connectivity index (χ2v) is 7.91. The summed E-state index contributed by atoms with van der Waals surface area (Å²) in [6.45, 7) is 0. The van der Waals surface area contributed by atoms with Gasteiger partial charge in [0.25, 0.3) is 0 Å². The Morgan fingerprint density at radius 1 is 1.09 bits per heavy atom. The molecule has 1 aromatic carbocycles. The number of methoxy groups -OCH3 is 2. The van der Waals surface area contributed by atoms with Crippen molar-refractivity contribution >= 4 is 15.8 Å². The minimum absolute atomic E-state index is 0.00283. The average Bonchev–Trinajstić information content (AvgIpc) is 2.53. The fraction of sp³-hybridized carbons (Fsp3) is 0.562. The number of carboxylic acid groups (broad SMARTS) is 1. The van der Waals surface area contributed by atoms with Gasteiger partial charge in [-0.15, -0.1) is 0 Å². The maximum absolute atomic E-state index is 12.0. The first-order chi connectivity index (χ1) is 10.8. The van der Waals surface area contributed by atoms with Crippen molar-refractivity contribution < 1.29 is 27.8 Å². The van der Waals surface area contributed by atoms with E-state index in [1.165, 1.54) is 26.4 Å². The van der Waals surface area contributed by atoms with Crippen molar-refractivity contribution in [3.05, 3.63) is 17.7 Å². The molecular formula is C16H22O6S. The zero-order chi connectivity index (χ0) is 17.3. The molecule has 0 radical (unpaired) electrons. The van der Waals surface area contributed by atoms with E-state index in [1.807, 2.05) is 0 Å². The van der Waals surface area contributed by atoms with E-state index >= 15 is 0 Å². The number of rotatable bonds is 5. The van der Waals surface area contributed by atoms with Crippen LogP contribution in [0.5, 0.6) is 11.5 Å². The standard InChI is InChI=1S/C16H22O6S/c1-21-12-10-14(23(3,19)20)13(22-2)9-11(12)16(15(17)18)7-5-4-6-8-16/h9-10H,4-8H2,1-3H3,(H,17,18). The van der Waals surface area contributed by atoms with Crippen molar-refractivity contribution in [2.75, 3.05) is 20.5 Å². The first-order valence-corrected chi connectivity index (χ1v) is 9.35. The summed E-state index contributed by atoms with van der Waals surface area (Å²) in [5.41, 5.74) is -0.580. The van der Waals surface area contributed by atoms with Gasteiger partial charge in [0.05, 0.1) is 19.6 Å². The molecule has 2 rings (SSSR count). The molecule has 0 amide bonds. The lowest BCUT2D eigenvalue weighted by atomic mass is 9.69. The molecule has 0 atom stereocenters. The van der Waals surface area contributed by atoms with Crippen LogP contribution in [-0.4, -0.2) is 40.0 Å². The van der Waals surface area contributed by atoms with Gasteiger partial charge in [0.1, 0.15) is 16.4 Å². The van der Waals surface area contributed by atoms with Crippen LogP contribution in [0.25, 0.3) is 0 Å². The number of sulfone groups is 1. The highest BCUT2D eigenvalue weighted by Gasteiger charge is 2.44. The quantitative estimate of drug-likeness (QED) is 0.884. The molecule has 128 valence electrons. The molecule has 1 saturated carbocycles.